The van der Waals surface area contributed by atoms with Gasteiger partial charge in [0, 0.05) is 19.6 Å². The Balaban J connectivity index is 2.30. The van der Waals surface area contributed by atoms with Crippen LogP contribution in [0.1, 0.15) is 32.8 Å². The maximum Gasteiger partial charge on any atom is 0.119 e. The van der Waals surface area contributed by atoms with Crippen LogP contribution in [0.25, 0.3) is 0 Å². The molecule has 0 saturated carbocycles. The van der Waals surface area contributed by atoms with E-state index in [1.54, 1.807) is 0 Å². The molecule has 1 aromatic rings. The quantitative estimate of drug-likeness (QED) is 0.745. The molecular formula is C16H28N2O. The first-order valence-corrected chi connectivity index (χ1v) is 7.33. The third-order valence-electron chi connectivity index (χ3n) is 3.55. The second-order valence-electron chi connectivity index (χ2n) is 5.10. The van der Waals surface area contributed by atoms with Crippen LogP contribution in [0.4, 0.5) is 0 Å². The topological polar surface area (TPSA) is 38.5 Å². The van der Waals surface area contributed by atoms with Crippen LogP contribution in [0.2, 0.25) is 0 Å². The molecule has 0 aliphatic rings. The van der Waals surface area contributed by atoms with Crippen molar-refractivity contribution in [2.45, 2.75) is 33.7 Å². The van der Waals surface area contributed by atoms with E-state index in [1.165, 1.54) is 6.42 Å². The van der Waals surface area contributed by atoms with Gasteiger partial charge in [-0.1, -0.05) is 39.3 Å². The van der Waals surface area contributed by atoms with Gasteiger partial charge in [-0.15, -0.1) is 0 Å². The van der Waals surface area contributed by atoms with E-state index in [4.69, 9.17) is 10.5 Å². The molecule has 1 atom stereocenters. The molecule has 0 radical (unpaired) electrons. The van der Waals surface area contributed by atoms with Crippen LogP contribution in [0, 0.1) is 5.92 Å². The third kappa shape index (κ3) is 6.08. The molecule has 2 N–H and O–H groups in total. The van der Waals surface area contributed by atoms with E-state index < -0.39 is 0 Å². The van der Waals surface area contributed by atoms with Crippen molar-refractivity contribution in [2.24, 2.45) is 11.7 Å². The molecule has 0 aliphatic heterocycles. The largest absolute Gasteiger partial charge is 0.492 e. The van der Waals surface area contributed by atoms with Crippen LogP contribution >= 0.6 is 0 Å². The van der Waals surface area contributed by atoms with Crippen LogP contribution in [0.3, 0.4) is 0 Å². The average Bonchev–Trinajstić information content (AvgIpc) is 2.46. The van der Waals surface area contributed by atoms with Crippen molar-refractivity contribution in [3.05, 3.63) is 29.8 Å². The number of hydrogen-bond donors (Lipinski definition) is 1. The van der Waals surface area contributed by atoms with Gasteiger partial charge >= 0.3 is 0 Å². The van der Waals surface area contributed by atoms with Crippen molar-refractivity contribution in [2.75, 3.05) is 26.2 Å². The number of ether oxygens (including phenoxy) is 1. The SMILES string of the molecule is CCC(C)CN(CC)CCOc1ccc(CN)cc1. The molecule has 19 heavy (non-hydrogen) atoms. The van der Waals surface area contributed by atoms with E-state index in [0.29, 0.717) is 6.54 Å². The lowest BCUT2D eigenvalue weighted by Crippen LogP contribution is -2.32. The zero-order chi connectivity index (χ0) is 14.1. The van der Waals surface area contributed by atoms with Crippen molar-refractivity contribution in [1.82, 2.24) is 4.90 Å². The molecule has 3 nitrogen and oxygen atoms in total. The minimum Gasteiger partial charge on any atom is -0.492 e. The number of rotatable bonds is 9. The van der Waals surface area contributed by atoms with Crippen LogP contribution in [-0.4, -0.2) is 31.1 Å². The maximum atomic E-state index is 5.77. The molecular weight excluding hydrogens is 236 g/mol. The van der Waals surface area contributed by atoms with Gasteiger partial charge in [-0.25, -0.2) is 0 Å². The Morgan fingerprint density at radius 3 is 2.42 bits per heavy atom. The predicted octanol–water partition coefficient (Wildman–Crippen LogP) is 2.89. The fraction of sp³-hybridized carbons (Fsp3) is 0.625. The lowest BCUT2D eigenvalue weighted by molar-refractivity contribution is 0.194. The van der Waals surface area contributed by atoms with Gasteiger partial charge in [-0.3, -0.25) is 4.90 Å². The minimum atomic E-state index is 0.582. The van der Waals surface area contributed by atoms with Crippen molar-refractivity contribution >= 4 is 0 Å². The van der Waals surface area contributed by atoms with Crippen molar-refractivity contribution in [3.8, 4) is 5.75 Å². The lowest BCUT2D eigenvalue weighted by Gasteiger charge is -2.23. The summed E-state index contributed by atoms with van der Waals surface area (Å²) in [5, 5.41) is 0. The van der Waals surface area contributed by atoms with Crippen molar-refractivity contribution in [3.63, 3.8) is 0 Å². The summed E-state index contributed by atoms with van der Waals surface area (Å²) in [4.78, 5) is 2.45. The molecule has 0 fully saturated rings. The summed E-state index contributed by atoms with van der Waals surface area (Å²) >= 11 is 0. The summed E-state index contributed by atoms with van der Waals surface area (Å²) in [6.07, 6.45) is 1.23. The molecule has 1 unspecified atom stereocenters. The summed E-state index contributed by atoms with van der Waals surface area (Å²) in [5.74, 6) is 1.68. The Kier molecular flexibility index (Phi) is 7.53. The summed E-state index contributed by atoms with van der Waals surface area (Å²) in [6, 6.07) is 8.03. The van der Waals surface area contributed by atoms with Gasteiger partial charge in [0.15, 0.2) is 0 Å². The Hall–Kier alpha value is -1.06. The standard InChI is InChI=1S/C16H28N2O/c1-4-14(3)13-18(5-2)10-11-19-16-8-6-15(12-17)7-9-16/h6-9,14H,4-5,10-13,17H2,1-3H3. The van der Waals surface area contributed by atoms with Crippen LogP contribution in [0.5, 0.6) is 5.75 Å². The molecule has 0 spiro atoms. The molecule has 0 aromatic heterocycles. The normalized spacial score (nSPS) is 12.7. The monoisotopic (exact) mass is 264 g/mol. The first kappa shape index (κ1) is 16.0. The number of hydrogen-bond acceptors (Lipinski definition) is 3. The smallest absolute Gasteiger partial charge is 0.119 e. The molecule has 108 valence electrons. The molecule has 0 aliphatic carbocycles. The van der Waals surface area contributed by atoms with Gasteiger partial charge in [-0.05, 0) is 30.2 Å². The predicted molar refractivity (Wildman–Crippen MR) is 81.4 cm³/mol. The van der Waals surface area contributed by atoms with Gasteiger partial charge in [0.05, 0.1) is 0 Å². The van der Waals surface area contributed by atoms with Crippen LogP contribution < -0.4 is 10.5 Å². The van der Waals surface area contributed by atoms with E-state index in [-0.39, 0.29) is 0 Å². The number of nitrogens with zero attached hydrogens (tertiary/aromatic N) is 1. The Bertz CT molecular complexity index is 337. The first-order chi connectivity index (χ1) is 9.19. The molecule has 3 heteroatoms. The summed E-state index contributed by atoms with van der Waals surface area (Å²) in [5.41, 5.74) is 6.71. The van der Waals surface area contributed by atoms with Crippen LogP contribution in [0.15, 0.2) is 24.3 Å². The summed E-state index contributed by atoms with van der Waals surface area (Å²) < 4.78 is 5.77. The summed E-state index contributed by atoms with van der Waals surface area (Å²) in [6.45, 7) is 11.3. The van der Waals surface area contributed by atoms with E-state index in [9.17, 15) is 0 Å². The Morgan fingerprint density at radius 1 is 1.21 bits per heavy atom. The lowest BCUT2D eigenvalue weighted by atomic mass is 10.1. The maximum absolute atomic E-state index is 5.77. The average molecular weight is 264 g/mol. The van der Waals surface area contributed by atoms with Gasteiger partial charge in [0.25, 0.3) is 0 Å². The highest BCUT2D eigenvalue weighted by Crippen LogP contribution is 2.12. The van der Waals surface area contributed by atoms with Gasteiger partial charge in [0.1, 0.15) is 12.4 Å². The van der Waals surface area contributed by atoms with Gasteiger partial charge < -0.3 is 10.5 Å². The van der Waals surface area contributed by atoms with Crippen molar-refractivity contribution in [1.29, 1.82) is 0 Å². The van der Waals surface area contributed by atoms with Crippen molar-refractivity contribution < 1.29 is 4.74 Å². The van der Waals surface area contributed by atoms with Crippen LogP contribution in [-0.2, 0) is 6.54 Å². The molecule has 0 saturated heterocycles. The molecule has 0 amide bonds. The van der Waals surface area contributed by atoms with Gasteiger partial charge in [0.2, 0.25) is 0 Å². The second kappa shape index (κ2) is 8.94. The molecule has 1 rings (SSSR count). The molecule has 1 aromatic carbocycles. The highest BCUT2D eigenvalue weighted by molar-refractivity contribution is 5.27. The fourth-order valence-electron chi connectivity index (χ4n) is 1.96. The van der Waals surface area contributed by atoms with E-state index in [1.807, 2.05) is 24.3 Å². The number of likely N-dealkylation sites (N-methyl/N-ethyl adjacent to an activating group) is 1. The second-order valence-corrected chi connectivity index (χ2v) is 5.10. The van der Waals surface area contributed by atoms with E-state index in [2.05, 4.69) is 25.7 Å². The molecule has 0 heterocycles. The zero-order valence-electron chi connectivity index (χ0n) is 12.6. The number of nitrogens with two attached hydrogens (primary N) is 1. The van der Waals surface area contributed by atoms with E-state index in [0.717, 1.165) is 43.5 Å². The highest BCUT2D eigenvalue weighted by atomic mass is 16.5. The first-order valence-electron chi connectivity index (χ1n) is 7.33. The fourth-order valence-corrected chi connectivity index (χ4v) is 1.96. The zero-order valence-corrected chi connectivity index (χ0v) is 12.6. The highest BCUT2D eigenvalue weighted by Gasteiger charge is 2.07. The summed E-state index contributed by atoms with van der Waals surface area (Å²) in [7, 11) is 0. The molecule has 0 bridgehead atoms. The minimum absolute atomic E-state index is 0.582. The Morgan fingerprint density at radius 2 is 1.89 bits per heavy atom. The van der Waals surface area contributed by atoms with Gasteiger partial charge in [-0.2, -0.15) is 0 Å². The third-order valence-corrected chi connectivity index (χ3v) is 3.55. The van der Waals surface area contributed by atoms with E-state index >= 15 is 0 Å². The number of benzene rings is 1. The Labute approximate surface area is 117 Å².